The number of hydrazine groups is 1. The van der Waals surface area contributed by atoms with E-state index in [0.29, 0.717) is 13.1 Å². The van der Waals surface area contributed by atoms with Crippen LogP contribution in [0, 0.1) is 0 Å². The van der Waals surface area contributed by atoms with Crippen LogP contribution in [-0.4, -0.2) is 29.8 Å². The SMILES string of the molecule is CCCN(Cc1ccccc1)CC(F)(F)C(=O)NN. The summed E-state index contributed by atoms with van der Waals surface area (Å²) < 4.78 is 27.1. The standard InChI is InChI=1S/C13H19F2N3O/c1-2-8-18(9-11-6-4-3-5-7-11)10-13(14,15)12(19)17-16/h3-7H,2,8-10,16H2,1H3,(H,17,19). The van der Waals surface area contributed by atoms with Crippen LogP contribution >= 0.6 is 0 Å². The van der Waals surface area contributed by atoms with Gasteiger partial charge in [-0.1, -0.05) is 37.3 Å². The molecule has 4 nitrogen and oxygen atoms in total. The lowest BCUT2D eigenvalue weighted by Gasteiger charge is -2.26. The van der Waals surface area contributed by atoms with E-state index in [1.54, 1.807) is 4.90 Å². The number of alkyl halides is 2. The molecule has 0 spiro atoms. The van der Waals surface area contributed by atoms with E-state index in [4.69, 9.17) is 5.84 Å². The molecule has 0 saturated carbocycles. The van der Waals surface area contributed by atoms with Crippen molar-refractivity contribution < 1.29 is 13.6 Å². The van der Waals surface area contributed by atoms with Gasteiger partial charge in [-0.2, -0.15) is 8.78 Å². The van der Waals surface area contributed by atoms with Crippen molar-refractivity contribution in [3.05, 3.63) is 35.9 Å². The molecule has 0 bridgehead atoms. The third-order valence-corrected chi connectivity index (χ3v) is 2.67. The zero-order valence-electron chi connectivity index (χ0n) is 10.9. The van der Waals surface area contributed by atoms with E-state index in [-0.39, 0.29) is 0 Å². The van der Waals surface area contributed by atoms with E-state index < -0.39 is 18.4 Å². The molecule has 0 aromatic heterocycles. The molecule has 0 atom stereocenters. The van der Waals surface area contributed by atoms with Gasteiger partial charge in [-0.05, 0) is 18.5 Å². The molecule has 6 heteroatoms. The molecule has 1 rings (SSSR count). The number of hydrogen-bond acceptors (Lipinski definition) is 3. The molecule has 1 amide bonds. The fourth-order valence-corrected chi connectivity index (χ4v) is 1.83. The molecule has 1 aromatic rings. The van der Waals surface area contributed by atoms with Gasteiger partial charge in [-0.25, -0.2) is 5.84 Å². The summed E-state index contributed by atoms with van der Waals surface area (Å²) in [4.78, 5) is 12.6. The van der Waals surface area contributed by atoms with E-state index >= 15 is 0 Å². The van der Waals surface area contributed by atoms with Crippen LogP contribution in [0.5, 0.6) is 0 Å². The summed E-state index contributed by atoms with van der Waals surface area (Å²) in [5.74, 6) is -0.182. The third-order valence-electron chi connectivity index (χ3n) is 2.67. The Morgan fingerprint density at radius 2 is 2.00 bits per heavy atom. The molecule has 3 N–H and O–H groups in total. The number of nitrogens with zero attached hydrogens (tertiary/aromatic N) is 1. The minimum Gasteiger partial charge on any atom is -0.293 e. The second-order valence-electron chi connectivity index (χ2n) is 4.37. The summed E-state index contributed by atoms with van der Waals surface area (Å²) >= 11 is 0. The van der Waals surface area contributed by atoms with Gasteiger partial charge >= 0.3 is 11.8 Å². The van der Waals surface area contributed by atoms with E-state index in [0.717, 1.165) is 12.0 Å². The normalized spacial score (nSPS) is 11.6. The Kier molecular flexibility index (Phi) is 5.85. The van der Waals surface area contributed by atoms with Gasteiger partial charge in [0, 0.05) is 6.54 Å². The molecule has 0 aliphatic rings. The Morgan fingerprint density at radius 3 is 2.53 bits per heavy atom. The Morgan fingerprint density at radius 1 is 1.37 bits per heavy atom. The second-order valence-corrected chi connectivity index (χ2v) is 4.37. The van der Waals surface area contributed by atoms with Crippen molar-refractivity contribution >= 4 is 5.91 Å². The first-order valence-electron chi connectivity index (χ1n) is 6.14. The molecule has 0 unspecified atom stereocenters. The molecule has 0 aliphatic heterocycles. The van der Waals surface area contributed by atoms with Gasteiger partial charge < -0.3 is 0 Å². The van der Waals surface area contributed by atoms with Crippen molar-refractivity contribution in [1.29, 1.82) is 0 Å². The van der Waals surface area contributed by atoms with Crippen LogP contribution in [-0.2, 0) is 11.3 Å². The molecule has 0 radical (unpaired) electrons. The third kappa shape index (κ3) is 4.92. The number of hydrogen-bond donors (Lipinski definition) is 2. The highest BCUT2D eigenvalue weighted by Gasteiger charge is 2.39. The maximum absolute atomic E-state index is 13.6. The highest BCUT2D eigenvalue weighted by molar-refractivity contribution is 5.83. The highest BCUT2D eigenvalue weighted by Crippen LogP contribution is 2.17. The number of halogens is 2. The number of rotatable bonds is 7. The average molecular weight is 271 g/mol. The number of carbonyl (C=O) groups excluding carboxylic acids is 1. The summed E-state index contributed by atoms with van der Waals surface area (Å²) in [7, 11) is 0. The smallest absolute Gasteiger partial charge is 0.293 e. The lowest BCUT2D eigenvalue weighted by Crippen LogP contribution is -2.50. The fourth-order valence-electron chi connectivity index (χ4n) is 1.83. The van der Waals surface area contributed by atoms with Gasteiger partial charge in [-0.15, -0.1) is 0 Å². The summed E-state index contributed by atoms with van der Waals surface area (Å²) in [5, 5.41) is 0. The topological polar surface area (TPSA) is 58.4 Å². The average Bonchev–Trinajstić information content (AvgIpc) is 2.38. The largest absolute Gasteiger partial charge is 0.338 e. The Labute approximate surface area is 111 Å². The van der Waals surface area contributed by atoms with Crippen molar-refractivity contribution in [1.82, 2.24) is 10.3 Å². The predicted molar refractivity (Wildman–Crippen MR) is 69.3 cm³/mol. The first kappa shape index (κ1) is 15.5. The van der Waals surface area contributed by atoms with Crippen LogP contribution in [0.4, 0.5) is 8.78 Å². The van der Waals surface area contributed by atoms with Gasteiger partial charge in [0.15, 0.2) is 0 Å². The monoisotopic (exact) mass is 271 g/mol. The molecule has 106 valence electrons. The summed E-state index contributed by atoms with van der Waals surface area (Å²) in [6.07, 6.45) is 0.729. The number of amides is 1. The fraction of sp³-hybridized carbons (Fsp3) is 0.462. The van der Waals surface area contributed by atoms with Crippen molar-refractivity contribution in [3.8, 4) is 0 Å². The number of carbonyl (C=O) groups is 1. The van der Waals surface area contributed by atoms with E-state index in [9.17, 15) is 13.6 Å². The molecule has 0 saturated heterocycles. The van der Waals surface area contributed by atoms with Gasteiger partial charge in [0.25, 0.3) is 0 Å². The van der Waals surface area contributed by atoms with Crippen molar-refractivity contribution in [2.75, 3.05) is 13.1 Å². The minimum atomic E-state index is -3.49. The predicted octanol–water partition coefficient (Wildman–Crippen LogP) is 1.52. The van der Waals surface area contributed by atoms with Crippen LogP contribution in [0.1, 0.15) is 18.9 Å². The lowest BCUT2D eigenvalue weighted by atomic mass is 10.2. The molecular formula is C13H19F2N3O. The van der Waals surface area contributed by atoms with Crippen LogP contribution in [0.25, 0.3) is 0 Å². The van der Waals surface area contributed by atoms with E-state index in [1.807, 2.05) is 37.3 Å². The second kappa shape index (κ2) is 7.16. The van der Waals surface area contributed by atoms with Gasteiger partial charge in [-0.3, -0.25) is 15.1 Å². The van der Waals surface area contributed by atoms with Crippen LogP contribution in [0.2, 0.25) is 0 Å². The lowest BCUT2D eigenvalue weighted by molar-refractivity contribution is -0.148. The molecular weight excluding hydrogens is 252 g/mol. The van der Waals surface area contributed by atoms with Crippen LogP contribution in [0.15, 0.2) is 30.3 Å². The van der Waals surface area contributed by atoms with Crippen molar-refractivity contribution in [2.45, 2.75) is 25.8 Å². The highest BCUT2D eigenvalue weighted by atomic mass is 19.3. The minimum absolute atomic E-state index is 0.377. The molecule has 1 aromatic carbocycles. The molecule has 0 heterocycles. The van der Waals surface area contributed by atoms with Crippen LogP contribution < -0.4 is 11.3 Å². The molecule has 19 heavy (non-hydrogen) atoms. The quantitative estimate of drug-likeness (QED) is 0.449. The summed E-state index contributed by atoms with van der Waals surface area (Å²) in [6, 6.07) is 9.30. The summed E-state index contributed by atoms with van der Waals surface area (Å²) in [5.41, 5.74) is 2.43. The van der Waals surface area contributed by atoms with Gasteiger partial charge in [0.1, 0.15) is 0 Å². The Bertz CT molecular complexity index is 398. The van der Waals surface area contributed by atoms with Gasteiger partial charge in [0.05, 0.1) is 6.54 Å². The number of benzene rings is 1. The van der Waals surface area contributed by atoms with E-state index in [2.05, 4.69) is 0 Å². The summed E-state index contributed by atoms with van der Waals surface area (Å²) in [6.45, 7) is 2.13. The first-order chi connectivity index (χ1) is 8.99. The first-order valence-corrected chi connectivity index (χ1v) is 6.14. The number of nitrogens with one attached hydrogen (secondary N) is 1. The zero-order chi connectivity index (χ0) is 14.3. The number of nitrogens with two attached hydrogens (primary N) is 1. The maximum atomic E-state index is 13.6. The molecule has 0 aliphatic carbocycles. The maximum Gasteiger partial charge on any atom is 0.338 e. The Balaban J connectivity index is 2.70. The van der Waals surface area contributed by atoms with Crippen molar-refractivity contribution in [3.63, 3.8) is 0 Å². The zero-order valence-corrected chi connectivity index (χ0v) is 10.9. The van der Waals surface area contributed by atoms with Crippen LogP contribution in [0.3, 0.4) is 0 Å². The molecule has 0 fully saturated rings. The van der Waals surface area contributed by atoms with Gasteiger partial charge in [0.2, 0.25) is 0 Å². The van der Waals surface area contributed by atoms with E-state index in [1.165, 1.54) is 5.43 Å². The Hall–Kier alpha value is -1.53. The van der Waals surface area contributed by atoms with Crippen molar-refractivity contribution in [2.24, 2.45) is 5.84 Å².